The molecule has 4 aliphatic heterocycles. The smallest absolute Gasteiger partial charge is 0.238 e. The molecule has 4 saturated heterocycles. The molecule has 0 bridgehead atoms. The standard InChI is InChI=1S/C24H20ClN3O4S.C24H23ClN2O6S.2C23H20ClFN2O4S/c1-15-2-3-16(13-26)22(10-15)32-23-12-18(25)4-9-21(23)17-11-24(29)28(14-17)19-5-7-20(8-6-19)33(27,30)31;1-31-18-6-10-21(32-2)23(13-18)33-22-12-16(25)3-9-20(22)15-11-24(28)27(14-15)17-4-7-19(8-5-17)34(26,29)30;1-14-10-18(5-9-21(14)25)31-22-12-16(24)2-8-20(22)15-11-23(28)27(13-15)17-3-6-19(7-4-17)32(26,29)30;1-14-2-6-18(12-21(14)25)31-22-11-16(24)3-9-20(22)15-10-23(28)27(13-15)17-4-7-19(8-5-17)32(26,29)30/h2-10,12,17H,11,14H2,1H3,(H2,27,30,31);3-10,12-13,15H,11,14H2,1-2H3,(H2,26,29,30);2-10,12,15H,11,13H2,1H3,(H2,26,29,30);2-9,11-12,15H,10,13H2,1H3,(H2,26,29,30)/t17-;3*15-/m0000/s1. The second kappa shape index (κ2) is 40.5. The lowest BCUT2D eigenvalue weighted by Crippen LogP contribution is -2.24. The van der Waals surface area contributed by atoms with Crippen molar-refractivity contribution in [2.45, 2.75) is 89.7 Å². The molecule has 131 heavy (non-hydrogen) atoms. The van der Waals surface area contributed by atoms with Gasteiger partial charge in [-0.3, -0.25) is 19.2 Å². The van der Waals surface area contributed by atoms with Crippen LogP contribution in [0.1, 0.15) is 93.9 Å². The molecule has 12 aromatic carbocycles. The monoisotopic (exact) mass is 1930 g/mol. The maximum absolute atomic E-state index is 14.0. The zero-order chi connectivity index (χ0) is 94.3. The lowest BCUT2D eigenvalue weighted by atomic mass is 9.97. The number of ether oxygens (including phenoxy) is 6. The van der Waals surface area contributed by atoms with Gasteiger partial charge in [0, 0.05) is 153 Å². The summed E-state index contributed by atoms with van der Waals surface area (Å²) in [5.41, 5.74) is 7.79. The lowest BCUT2D eigenvalue weighted by Gasteiger charge is -2.19. The van der Waals surface area contributed by atoms with E-state index in [9.17, 15) is 66.9 Å². The summed E-state index contributed by atoms with van der Waals surface area (Å²) >= 11 is 24.8. The van der Waals surface area contributed by atoms with Gasteiger partial charge in [0.2, 0.25) is 63.7 Å². The van der Waals surface area contributed by atoms with Gasteiger partial charge in [0.25, 0.3) is 0 Å². The van der Waals surface area contributed by atoms with Crippen LogP contribution in [0, 0.1) is 43.7 Å². The maximum atomic E-state index is 14.0. The lowest BCUT2D eigenvalue weighted by molar-refractivity contribution is -0.118. The predicted octanol–water partition coefficient (Wildman–Crippen LogP) is 18.3. The largest absolute Gasteiger partial charge is 0.497 e. The zero-order valence-corrected chi connectivity index (χ0v) is 76.6. The van der Waals surface area contributed by atoms with E-state index < -0.39 is 40.1 Å². The Bertz CT molecular complexity index is 6750. The Morgan fingerprint density at radius 1 is 0.328 bits per heavy atom. The summed E-state index contributed by atoms with van der Waals surface area (Å²) in [7, 11) is -12.1. The number of rotatable bonds is 22. The van der Waals surface area contributed by atoms with Crippen LogP contribution in [-0.4, -0.2) is 97.7 Å². The van der Waals surface area contributed by atoms with Crippen molar-refractivity contribution < 1.29 is 90.1 Å². The summed E-state index contributed by atoms with van der Waals surface area (Å²) in [5.74, 6) is 2.89. The van der Waals surface area contributed by atoms with Gasteiger partial charge in [-0.1, -0.05) is 82.8 Å². The van der Waals surface area contributed by atoms with Crippen LogP contribution in [0.5, 0.6) is 57.5 Å². The minimum absolute atomic E-state index is 0.0138. The van der Waals surface area contributed by atoms with E-state index in [0.29, 0.717) is 143 Å². The Balaban J connectivity index is 0.000000149. The molecule has 4 aliphatic rings. The molecule has 27 nitrogen and oxygen atoms in total. The molecule has 0 spiro atoms. The number of hydrogen-bond acceptors (Lipinski definition) is 19. The Hall–Kier alpha value is -12.5. The van der Waals surface area contributed by atoms with E-state index in [2.05, 4.69) is 6.07 Å². The SMILES string of the molecule is COc1ccc(OC)c(Oc2cc(Cl)ccc2[C@H]2CC(=O)N(c3ccc(S(N)(=O)=O)cc3)C2)c1.Cc1cc(Oc2cc(Cl)ccc2[C@H]2CC(=O)N(c3ccc(S(N)(=O)=O)cc3)C2)ccc1F.Cc1ccc(C#N)c(Oc2cc(Cl)ccc2[C@H]2CC(=O)N(c3ccc(S(N)(=O)=O)cc3)C2)c1.Cc1ccc(Oc2cc(Cl)ccc2[C@H]2CC(=O)N(c3ccc(S(N)(=O)=O)cc3)C2)cc1F. The number of anilines is 4. The fourth-order valence-corrected chi connectivity index (χ4v) is 17.8. The second-order valence-electron chi connectivity index (χ2n) is 30.9. The quantitative estimate of drug-likeness (QED) is 0.0489. The molecule has 4 fully saturated rings. The van der Waals surface area contributed by atoms with Gasteiger partial charge in [-0.15, -0.1) is 0 Å². The number of primary sulfonamides is 4. The summed E-state index contributed by atoms with van der Waals surface area (Å²) in [5, 5.41) is 31.9. The number of hydrogen-bond donors (Lipinski definition) is 4. The van der Waals surface area contributed by atoms with Gasteiger partial charge in [-0.2, -0.15) is 5.26 Å². The highest BCUT2D eigenvalue weighted by molar-refractivity contribution is 7.90. The Morgan fingerprint density at radius 3 is 0.962 bits per heavy atom. The maximum Gasteiger partial charge on any atom is 0.238 e. The number of methoxy groups -OCH3 is 2. The van der Waals surface area contributed by atoms with Crippen LogP contribution < -0.4 is 68.6 Å². The second-order valence-corrected chi connectivity index (χ2v) is 38.9. The molecule has 16 rings (SSSR count). The number of amides is 4. The number of aryl methyl sites for hydroxylation is 3. The van der Waals surface area contributed by atoms with Gasteiger partial charge < -0.3 is 48.0 Å². The summed E-state index contributed by atoms with van der Waals surface area (Å²) in [6.07, 6.45) is 0.979. The number of benzene rings is 12. The number of carbonyl (C=O) groups excluding carboxylic acids is 4. The van der Waals surface area contributed by atoms with Crippen molar-refractivity contribution in [3.05, 3.63) is 319 Å². The van der Waals surface area contributed by atoms with Gasteiger partial charge in [0.1, 0.15) is 63.7 Å². The van der Waals surface area contributed by atoms with E-state index in [4.69, 9.17) is 95.4 Å². The molecule has 8 N–H and O–H groups in total. The topological polar surface area (TPSA) is 401 Å². The van der Waals surface area contributed by atoms with E-state index in [1.807, 2.05) is 31.2 Å². The fraction of sp³-hybridized carbons (Fsp3) is 0.181. The fourth-order valence-electron chi connectivity index (χ4n) is 15.1. The van der Waals surface area contributed by atoms with Crippen LogP contribution in [0.15, 0.2) is 262 Å². The average molecular weight is 1930 g/mol. The van der Waals surface area contributed by atoms with E-state index in [-0.39, 0.29) is 104 Å². The van der Waals surface area contributed by atoms with Crippen molar-refractivity contribution in [3.63, 3.8) is 0 Å². The van der Waals surface area contributed by atoms with Gasteiger partial charge >= 0.3 is 0 Å². The van der Waals surface area contributed by atoms with Gasteiger partial charge in [-0.05, 0) is 232 Å². The highest BCUT2D eigenvalue weighted by Gasteiger charge is 2.39. The third kappa shape index (κ3) is 23.6. The molecule has 678 valence electrons. The van der Waals surface area contributed by atoms with Crippen molar-refractivity contribution in [1.82, 2.24) is 0 Å². The van der Waals surface area contributed by atoms with E-state index in [0.717, 1.165) is 27.8 Å². The number of nitrogens with two attached hydrogens (primary N) is 4. The number of halogens is 6. The molecule has 4 amide bonds. The number of sulfonamides is 4. The van der Waals surface area contributed by atoms with E-state index in [1.165, 1.54) is 66.7 Å². The normalized spacial score (nSPS) is 16.2. The Labute approximate surface area is 775 Å². The van der Waals surface area contributed by atoms with Crippen molar-refractivity contribution in [2.75, 3.05) is 60.0 Å². The van der Waals surface area contributed by atoms with Crippen LogP contribution in [0.3, 0.4) is 0 Å². The number of carbonyl (C=O) groups is 4. The van der Waals surface area contributed by atoms with Gasteiger partial charge in [0.05, 0.1) is 39.4 Å². The zero-order valence-electron chi connectivity index (χ0n) is 70.4. The van der Waals surface area contributed by atoms with E-state index >= 15 is 0 Å². The molecule has 12 aromatic rings. The summed E-state index contributed by atoms with van der Waals surface area (Å²) in [4.78, 5) is 57.4. The molecular formula is C94H83Cl4F2N9O18S4. The highest BCUT2D eigenvalue weighted by Crippen LogP contribution is 2.47. The van der Waals surface area contributed by atoms with Crippen LogP contribution >= 0.6 is 46.4 Å². The minimum atomic E-state index is -3.81. The molecule has 37 heteroatoms. The first-order chi connectivity index (χ1) is 62.1. The highest BCUT2D eigenvalue weighted by atomic mass is 35.5. The minimum Gasteiger partial charge on any atom is -0.497 e. The first kappa shape index (κ1) is 96.0. The average Bonchev–Trinajstić information content (AvgIpc) is 1.68. The number of nitriles is 1. The summed E-state index contributed by atoms with van der Waals surface area (Å²) in [6.45, 7) is 6.74. The predicted molar refractivity (Wildman–Crippen MR) is 494 cm³/mol. The van der Waals surface area contributed by atoms with Crippen LogP contribution in [0.4, 0.5) is 31.5 Å². The molecule has 0 aliphatic carbocycles. The molecule has 0 radical (unpaired) electrons. The van der Waals surface area contributed by atoms with Gasteiger partial charge in [-0.25, -0.2) is 63.0 Å². The van der Waals surface area contributed by atoms with Crippen molar-refractivity contribution >= 4 is 133 Å². The number of nitrogens with zero attached hydrogens (tertiary/aromatic N) is 5. The van der Waals surface area contributed by atoms with Crippen LogP contribution in [0.25, 0.3) is 0 Å². The summed E-state index contributed by atoms with van der Waals surface area (Å²) < 4.78 is 154. The first-order valence-electron chi connectivity index (χ1n) is 40.0. The Morgan fingerprint density at radius 2 is 0.649 bits per heavy atom. The first-order valence-corrected chi connectivity index (χ1v) is 47.6. The molecule has 4 atom stereocenters. The molecule has 0 aromatic heterocycles. The van der Waals surface area contributed by atoms with E-state index in [1.54, 1.807) is 199 Å². The summed E-state index contributed by atoms with van der Waals surface area (Å²) in [6, 6.07) is 66.1. The van der Waals surface area contributed by atoms with Crippen molar-refractivity contribution in [3.8, 4) is 63.6 Å². The molecule has 0 unspecified atom stereocenters. The molecule has 4 heterocycles. The third-order valence-corrected chi connectivity index (χ3v) is 26.5. The van der Waals surface area contributed by atoms with Gasteiger partial charge in [0.15, 0.2) is 11.5 Å². The van der Waals surface area contributed by atoms with Crippen molar-refractivity contribution in [2.24, 2.45) is 20.6 Å². The third-order valence-electron chi connectivity index (χ3n) is 21.9. The Kier molecular flexibility index (Phi) is 29.7. The molecular weight excluding hydrogens is 1850 g/mol. The molecule has 0 saturated carbocycles. The van der Waals surface area contributed by atoms with Crippen molar-refractivity contribution in [1.29, 1.82) is 5.26 Å². The van der Waals surface area contributed by atoms with Crippen LogP contribution in [0.2, 0.25) is 20.1 Å². The van der Waals surface area contributed by atoms with Crippen LogP contribution in [-0.2, 0) is 59.3 Å².